The van der Waals surface area contributed by atoms with Crippen LogP contribution in [0.15, 0.2) is 0 Å². The third-order valence-electron chi connectivity index (χ3n) is 3.59. The first-order valence-corrected chi connectivity index (χ1v) is 6.54. The maximum absolute atomic E-state index is 11.5. The van der Waals surface area contributed by atoms with E-state index in [0.29, 0.717) is 12.5 Å². The van der Waals surface area contributed by atoms with Gasteiger partial charge in [0, 0.05) is 18.5 Å². The standard InChI is InChI=1S/C13H26N2O.ClH/c1-9(2)11-4-6-12(7-5-11)15-13(16)8-10(3)14;/h9-12H,4-8,14H2,1-3H3,(H,15,16);1H. The molecule has 1 aliphatic rings. The van der Waals surface area contributed by atoms with Crippen LogP contribution in [0.2, 0.25) is 0 Å². The Morgan fingerprint density at radius 1 is 1.24 bits per heavy atom. The second-order valence-corrected chi connectivity index (χ2v) is 5.60. The van der Waals surface area contributed by atoms with Gasteiger partial charge in [0.15, 0.2) is 0 Å². The summed E-state index contributed by atoms with van der Waals surface area (Å²) in [5.74, 6) is 1.74. The van der Waals surface area contributed by atoms with E-state index >= 15 is 0 Å². The number of halogens is 1. The Kier molecular flexibility index (Phi) is 7.80. The third-order valence-corrected chi connectivity index (χ3v) is 3.59. The number of nitrogens with two attached hydrogens (primary N) is 1. The van der Waals surface area contributed by atoms with Crippen LogP contribution in [0.5, 0.6) is 0 Å². The van der Waals surface area contributed by atoms with Crippen LogP contribution < -0.4 is 11.1 Å². The number of hydrogen-bond acceptors (Lipinski definition) is 2. The van der Waals surface area contributed by atoms with Gasteiger partial charge >= 0.3 is 0 Å². The lowest BCUT2D eigenvalue weighted by atomic mass is 9.79. The largest absolute Gasteiger partial charge is 0.353 e. The molecule has 0 radical (unpaired) electrons. The van der Waals surface area contributed by atoms with E-state index in [2.05, 4.69) is 19.2 Å². The summed E-state index contributed by atoms with van der Waals surface area (Å²) in [6, 6.07) is 0.355. The van der Waals surface area contributed by atoms with Crippen molar-refractivity contribution in [2.45, 2.75) is 65.0 Å². The molecule has 0 heterocycles. The SMILES string of the molecule is CC(N)CC(=O)NC1CCC(C(C)C)CC1.Cl. The molecule has 4 heteroatoms. The zero-order chi connectivity index (χ0) is 12.1. The minimum absolute atomic E-state index is 0. The van der Waals surface area contributed by atoms with Crippen LogP contribution in [-0.4, -0.2) is 18.0 Å². The first-order chi connectivity index (χ1) is 7.49. The maximum atomic E-state index is 11.5. The Balaban J connectivity index is 0.00000256. The van der Waals surface area contributed by atoms with Crippen molar-refractivity contribution in [3.05, 3.63) is 0 Å². The number of hydrogen-bond donors (Lipinski definition) is 2. The Hall–Kier alpha value is -0.280. The molecule has 0 aromatic rings. The lowest BCUT2D eigenvalue weighted by molar-refractivity contribution is -0.122. The van der Waals surface area contributed by atoms with E-state index in [9.17, 15) is 4.79 Å². The molecule has 1 atom stereocenters. The summed E-state index contributed by atoms with van der Waals surface area (Å²) in [6.45, 7) is 6.45. The highest BCUT2D eigenvalue weighted by atomic mass is 35.5. The van der Waals surface area contributed by atoms with Gasteiger partial charge < -0.3 is 11.1 Å². The Morgan fingerprint density at radius 2 is 1.76 bits per heavy atom. The average Bonchev–Trinajstić information content (AvgIpc) is 2.16. The fourth-order valence-corrected chi connectivity index (χ4v) is 2.51. The molecule has 0 aliphatic heterocycles. The summed E-state index contributed by atoms with van der Waals surface area (Å²) in [7, 11) is 0. The van der Waals surface area contributed by atoms with E-state index in [-0.39, 0.29) is 24.4 Å². The van der Waals surface area contributed by atoms with Crippen molar-refractivity contribution in [2.24, 2.45) is 17.6 Å². The fourth-order valence-electron chi connectivity index (χ4n) is 2.51. The molecule has 0 bridgehead atoms. The molecular weight excluding hydrogens is 236 g/mol. The molecule has 17 heavy (non-hydrogen) atoms. The molecule has 0 aromatic carbocycles. The highest BCUT2D eigenvalue weighted by molar-refractivity contribution is 5.85. The van der Waals surface area contributed by atoms with Gasteiger partial charge in [-0.05, 0) is 44.4 Å². The van der Waals surface area contributed by atoms with Crippen molar-refractivity contribution in [1.29, 1.82) is 0 Å². The van der Waals surface area contributed by atoms with Crippen molar-refractivity contribution in [2.75, 3.05) is 0 Å². The number of carbonyl (C=O) groups excluding carboxylic acids is 1. The molecule has 3 N–H and O–H groups in total. The Morgan fingerprint density at radius 3 is 2.18 bits per heavy atom. The summed E-state index contributed by atoms with van der Waals surface area (Å²) >= 11 is 0. The maximum Gasteiger partial charge on any atom is 0.221 e. The quantitative estimate of drug-likeness (QED) is 0.818. The Bertz CT molecular complexity index is 223. The van der Waals surface area contributed by atoms with Crippen LogP contribution in [0, 0.1) is 11.8 Å². The number of rotatable bonds is 4. The van der Waals surface area contributed by atoms with E-state index in [4.69, 9.17) is 5.73 Å². The van der Waals surface area contributed by atoms with Crippen molar-refractivity contribution in [1.82, 2.24) is 5.32 Å². The van der Waals surface area contributed by atoms with Crippen molar-refractivity contribution in [3.8, 4) is 0 Å². The van der Waals surface area contributed by atoms with E-state index in [1.165, 1.54) is 12.8 Å². The molecule has 1 rings (SSSR count). The van der Waals surface area contributed by atoms with Gasteiger partial charge in [-0.15, -0.1) is 12.4 Å². The second-order valence-electron chi connectivity index (χ2n) is 5.60. The molecule has 0 saturated heterocycles. The lowest BCUT2D eigenvalue weighted by Crippen LogP contribution is -2.40. The minimum atomic E-state index is -0.0352. The third kappa shape index (κ3) is 6.27. The first kappa shape index (κ1) is 16.7. The van der Waals surface area contributed by atoms with Gasteiger partial charge in [-0.3, -0.25) is 4.79 Å². The van der Waals surface area contributed by atoms with E-state index in [1.807, 2.05) is 6.92 Å². The van der Waals surface area contributed by atoms with E-state index in [1.54, 1.807) is 0 Å². The molecule has 1 amide bonds. The summed E-state index contributed by atoms with van der Waals surface area (Å²) in [5, 5.41) is 3.09. The van der Waals surface area contributed by atoms with Gasteiger partial charge in [-0.2, -0.15) is 0 Å². The summed E-state index contributed by atoms with van der Waals surface area (Å²) in [5.41, 5.74) is 5.60. The zero-order valence-corrected chi connectivity index (χ0v) is 12.1. The smallest absolute Gasteiger partial charge is 0.221 e. The first-order valence-electron chi connectivity index (χ1n) is 6.54. The van der Waals surface area contributed by atoms with Gasteiger partial charge in [-0.25, -0.2) is 0 Å². The molecule has 0 spiro atoms. The molecule has 102 valence electrons. The molecule has 1 aliphatic carbocycles. The van der Waals surface area contributed by atoms with Crippen molar-refractivity contribution in [3.63, 3.8) is 0 Å². The van der Waals surface area contributed by atoms with Crippen LogP contribution in [0.1, 0.15) is 52.9 Å². The van der Waals surface area contributed by atoms with Crippen LogP contribution >= 0.6 is 12.4 Å². The average molecular weight is 263 g/mol. The van der Waals surface area contributed by atoms with Crippen LogP contribution in [0.3, 0.4) is 0 Å². The molecule has 0 aromatic heterocycles. The number of nitrogens with one attached hydrogen (secondary N) is 1. The second kappa shape index (κ2) is 7.93. The highest BCUT2D eigenvalue weighted by Crippen LogP contribution is 2.29. The van der Waals surface area contributed by atoms with Crippen molar-refractivity contribution < 1.29 is 4.79 Å². The predicted molar refractivity (Wildman–Crippen MR) is 74.2 cm³/mol. The van der Waals surface area contributed by atoms with Crippen LogP contribution in [0.4, 0.5) is 0 Å². The molecule has 1 fully saturated rings. The molecule has 3 nitrogen and oxygen atoms in total. The van der Waals surface area contributed by atoms with E-state index in [0.717, 1.165) is 24.7 Å². The summed E-state index contributed by atoms with van der Waals surface area (Å²) < 4.78 is 0. The van der Waals surface area contributed by atoms with Crippen LogP contribution in [-0.2, 0) is 4.79 Å². The van der Waals surface area contributed by atoms with Crippen LogP contribution in [0.25, 0.3) is 0 Å². The molecular formula is C13H27ClN2O. The topological polar surface area (TPSA) is 55.1 Å². The van der Waals surface area contributed by atoms with Crippen molar-refractivity contribution >= 4 is 18.3 Å². The fraction of sp³-hybridized carbons (Fsp3) is 0.923. The summed E-state index contributed by atoms with van der Waals surface area (Å²) in [6.07, 6.45) is 5.22. The van der Waals surface area contributed by atoms with Gasteiger partial charge in [0.1, 0.15) is 0 Å². The number of carbonyl (C=O) groups is 1. The minimum Gasteiger partial charge on any atom is -0.353 e. The van der Waals surface area contributed by atoms with E-state index < -0.39 is 0 Å². The predicted octanol–water partition coefficient (Wildman–Crippen LogP) is 2.48. The van der Waals surface area contributed by atoms with Gasteiger partial charge in [-0.1, -0.05) is 13.8 Å². The zero-order valence-electron chi connectivity index (χ0n) is 11.2. The molecule has 1 unspecified atom stereocenters. The summed E-state index contributed by atoms with van der Waals surface area (Å²) in [4.78, 5) is 11.5. The Labute approximate surface area is 111 Å². The van der Waals surface area contributed by atoms with Gasteiger partial charge in [0.2, 0.25) is 5.91 Å². The molecule has 1 saturated carbocycles. The highest BCUT2D eigenvalue weighted by Gasteiger charge is 2.24. The van der Waals surface area contributed by atoms with Gasteiger partial charge in [0.05, 0.1) is 0 Å². The lowest BCUT2D eigenvalue weighted by Gasteiger charge is -2.31. The normalized spacial score (nSPS) is 26.2. The van der Waals surface area contributed by atoms with Gasteiger partial charge in [0.25, 0.3) is 0 Å². The number of amides is 1. The monoisotopic (exact) mass is 262 g/mol.